The number of rotatable bonds is 3. The van der Waals surface area contributed by atoms with Gasteiger partial charge in [0.05, 0.1) is 4.92 Å². The molecule has 1 fully saturated rings. The number of carbonyl (C=O) groups is 2. The molecule has 1 saturated heterocycles. The Hall–Kier alpha value is -1.89. The Morgan fingerprint density at radius 3 is 2.62 bits per heavy atom. The van der Waals surface area contributed by atoms with E-state index in [4.69, 9.17) is 0 Å². The van der Waals surface area contributed by atoms with Crippen molar-refractivity contribution in [3.8, 4) is 0 Å². The molecule has 0 radical (unpaired) electrons. The second kappa shape index (κ2) is 5.85. The Kier molecular flexibility index (Phi) is 4.32. The average Bonchev–Trinajstić information content (AvgIpc) is 2.71. The molecule has 21 heavy (non-hydrogen) atoms. The minimum atomic E-state index is -0.424. The molecule has 1 aromatic rings. The van der Waals surface area contributed by atoms with Gasteiger partial charge >= 0.3 is 0 Å². The van der Waals surface area contributed by atoms with Crippen molar-refractivity contribution in [3.63, 3.8) is 0 Å². The molecule has 1 aliphatic rings. The molecule has 1 aromatic carbocycles. The zero-order chi connectivity index (χ0) is 15.7. The highest BCUT2D eigenvalue weighted by atomic mass is 32.2. The molecule has 1 heterocycles. The molecule has 2 rings (SSSR count). The predicted molar refractivity (Wildman–Crippen MR) is 81.6 cm³/mol. The summed E-state index contributed by atoms with van der Waals surface area (Å²) >= 11 is 1.17. The van der Waals surface area contributed by atoms with Crippen LogP contribution >= 0.6 is 11.8 Å². The molecular weight excluding hydrogens is 292 g/mol. The van der Waals surface area contributed by atoms with Crippen LogP contribution in [0, 0.1) is 24.0 Å². The van der Waals surface area contributed by atoms with E-state index < -0.39 is 4.92 Å². The Labute approximate surface area is 126 Å². The van der Waals surface area contributed by atoms with Gasteiger partial charge in [-0.1, -0.05) is 11.8 Å². The number of hydrogen-bond donors (Lipinski definition) is 0. The first-order chi connectivity index (χ1) is 9.79. The topological polar surface area (TPSA) is 80.5 Å². The van der Waals surface area contributed by atoms with Gasteiger partial charge in [-0.2, -0.15) is 0 Å². The van der Waals surface area contributed by atoms with Gasteiger partial charge in [0, 0.05) is 42.5 Å². The maximum atomic E-state index is 12.1. The van der Waals surface area contributed by atoms with E-state index >= 15 is 0 Å². The van der Waals surface area contributed by atoms with Gasteiger partial charge in [0.15, 0.2) is 5.12 Å². The summed E-state index contributed by atoms with van der Waals surface area (Å²) in [6.07, 6.45) is 0.319. The molecule has 0 aliphatic carbocycles. The summed E-state index contributed by atoms with van der Waals surface area (Å²) in [5.74, 6) is -0.0508. The van der Waals surface area contributed by atoms with E-state index in [1.54, 1.807) is 24.8 Å². The van der Waals surface area contributed by atoms with E-state index in [9.17, 15) is 19.7 Å². The van der Waals surface area contributed by atoms with Gasteiger partial charge in [0.2, 0.25) is 5.91 Å². The van der Waals surface area contributed by atoms with E-state index in [2.05, 4.69) is 0 Å². The maximum Gasteiger partial charge on any atom is 0.272 e. The van der Waals surface area contributed by atoms with Crippen LogP contribution in [0.3, 0.4) is 0 Å². The van der Waals surface area contributed by atoms with Gasteiger partial charge in [-0.3, -0.25) is 19.7 Å². The lowest BCUT2D eigenvalue weighted by atomic mass is 10.1. The quantitative estimate of drug-likeness (QED) is 0.633. The first-order valence-electron chi connectivity index (χ1n) is 6.53. The molecule has 0 N–H and O–H groups in total. The smallest absolute Gasteiger partial charge is 0.272 e. The molecule has 112 valence electrons. The number of nitrogens with zero attached hydrogens (tertiary/aromatic N) is 2. The number of amides is 1. The van der Waals surface area contributed by atoms with Crippen molar-refractivity contribution >= 4 is 34.2 Å². The van der Waals surface area contributed by atoms with Crippen LogP contribution in [0.2, 0.25) is 0 Å². The Balaban J connectivity index is 2.30. The summed E-state index contributed by atoms with van der Waals surface area (Å²) in [6, 6.07) is 3.16. The molecule has 0 aromatic heterocycles. The standard InChI is InChI=1S/C14H16N2O4S/c1-8-5-13(16(19)20)9(2)4-12(8)15-7-11(6-14(15)18)21-10(3)17/h4-5,11H,6-7H2,1-3H3. The van der Waals surface area contributed by atoms with E-state index in [0.717, 1.165) is 0 Å². The highest BCUT2D eigenvalue weighted by Crippen LogP contribution is 2.33. The first-order valence-corrected chi connectivity index (χ1v) is 7.40. The van der Waals surface area contributed by atoms with Crippen molar-refractivity contribution in [3.05, 3.63) is 33.4 Å². The maximum absolute atomic E-state index is 12.1. The average molecular weight is 308 g/mol. The Morgan fingerprint density at radius 2 is 2.05 bits per heavy atom. The van der Waals surface area contributed by atoms with Crippen LogP contribution in [0.5, 0.6) is 0 Å². The number of nitro groups is 1. The summed E-state index contributed by atoms with van der Waals surface area (Å²) in [7, 11) is 0. The fourth-order valence-electron chi connectivity index (χ4n) is 2.49. The summed E-state index contributed by atoms with van der Waals surface area (Å²) in [4.78, 5) is 35.4. The fraction of sp³-hybridized carbons (Fsp3) is 0.429. The SMILES string of the molecule is CC(=O)SC1CC(=O)N(c2cc(C)c([N+](=O)[O-])cc2C)C1. The second-order valence-electron chi connectivity index (χ2n) is 5.12. The van der Waals surface area contributed by atoms with Crippen molar-refractivity contribution in [2.75, 3.05) is 11.4 Å². The normalized spacial score (nSPS) is 18.1. The summed E-state index contributed by atoms with van der Waals surface area (Å²) in [5.41, 5.74) is 1.96. The number of carbonyl (C=O) groups excluding carboxylic acids is 2. The van der Waals surface area contributed by atoms with Crippen LogP contribution in [-0.4, -0.2) is 27.7 Å². The third kappa shape index (κ3) is 3.24. The van der Waals surface area contributed by atoms with E-state index in [1.165, 1.54) is 24.8 Å². The van der Waals surface area contributed by atoms with Crippen molar-refractivity contribution in [2.24, 2.45) is 0 Å². The highest BCUT2D eigenvalue weighted by Gasteiger charge is 2.33. The van der Waals surface area contributed by atoms with E-state index in [-0.39, 0.29) is 22.0 Å². The molecule has 1 atom stereocenters. The summed E-state index contributed by atoms with van der Waals surface area (Å²) in [5, 5.41) is 10.9. The molecule has 7 heteroatoms. The number of anilines is 1. The van der Waals surface area contributed by atoms with Crippen molar-refractivity contribution in [1.29, 1.82) is 0 Å². The lowest BCUT2D eigenvalue weighted by Crippen LogP contribution is -2.26. The van der Waals surface area contributed by atoms with E-state index in [1.807, 2.05) is 0 Å². The van der Waals surface area contributed by atoms with Gasteiger partial charge in [0.25, 0.3) is 5.69 Å². The van der Waals surface area contributed by atoms with Gasteiger partial charge in [-0.15, -0.1) is 0 Å². The number of hydrogen-bond acceptors (Lipinski definition) is 5. The summed E-state index contributed by atoms with van der Waals surface area (Å²) in [6.45, 7) is 5.35. The number of thioether (sulfide) groups is 1. The van der Waals surface area contributed by atoms with Crippen LogP contribution in [0.4, 0.5) is 11.4 Å². The van der Waals surface area contributed by atoms with Gasteiger partial charge in [-0.25, -0.2) is 0 Å². The lowest BCUT2D eigenvalue weighted by Gasteiger charge is -2.19. The van der Waals surface area contributed by atoms with Crippen molar-refractivity contribution in [1.82, 2.24) is 0 Å². The predicted octanol–water partition coefficient (Wildman–Crippen LogP) is 2.60. The van der Waals surface area contributed by atoms with E-state index in [0.29, 0.717) is 29.8 Å². The van der Waals surface area contributed by atoms with Crippen molar-refractivity contribution < 1.29 is 14.5 Å². The third-order valence-electron chi connectivity index (χ3n) is 3.42. The lowest BCUT2D eigenvalue weighted by molar-refractivity contribution is -0.385. The zero-order valence-electron chi connectivity index (χ0n) is 12.1. The van der Waals surface area contributed by atoms with Crippen LogP contribution < -0.4 is 4.90 Å². The van der Waals surface area contributed by atoms with Crippen LogP contribution in [-0.2, 0) is 9.59 Å². The van der Waals surface area contributed by atoms with Gasteiger partial charge < -0.3 is 4.90 Å². The van der Waals surface area contributed by atoms with Crippen LogP contribution in [0.25, 0.3) is 0 Å². The molecule has 1 aliphatic heterocycles. The molecule has 0 spiro atoms. The minimum absolute atomic E-state index is 0.00810. The largest absolute Gasteiger partial charge is 0.311 e. The molecule has 1 amide bonds. The number of nitro benzene ring substituents is 1. The summed E-state index contributed by atoms with van der Waals surface area (Å²) < 4.78 is 0. The van der Waals surface area contributed by atoms with Crippen molar-refractivity contribution in [2.45, 2.75) is 32.4 Å². The van der Waals surface area contributed by atoms with Crippen LogP contribution in [0.15, 0.2) is 12.1 Å². The number of aryl methyl sites for hydroxylation is 2. The Bertz CT molecular complexity index is 630. The monoisotopic (exact) mass is 308 g/mol. The highest BCUT2D eigenvalue weighted by molar-refractivity contribution is 8.14. The molecule has 0 saturated carbocycles. The molecular formula is C14H16N2O4S. The first kappa shape index (κ1) is 15.5. The van der Waals surface area contributed by atoms with Crippen LogP contribution in [0.1, 0.15) is 24.5 Å². The van der Waals surface area contributed by atoms with Gasteiger partial charge in [-0.05, 0) is 25.5 Å². The van der Waals surface area contributed by atoms with Gasteiger partial charge in [0.1, 0.15) is 0 Å². The Morgan fingerprint density at radius 1 is 1.38 bits per heavy atom. The second-order valence-corrected chi connectivity index (χ2v) is 6.60. The molecule has 6 nitrogen and oxygen atoms in total. The minimum Gasteiger partial charge on any atom is -0.311 e. The number of benzene rings is 1. The zero-order valence-corrected chi connectivity index (χ0v) is 12.9. The molecule has 0 bridgehead atoms. The third-order valence-corrected chi connectivity index (χ3v) is 4.41. The molecule has 1 unspecified atom stereocenters. The fourth-order valence-corrected chi connectivity index (χ4v) is 3.41.